The molecular weight excluding hydrogens is 1600 g/mol. The highest BCUT2D eigenvalue weighted by molar-refractivity contribution is 6.35. The van der Waals surface area contributed by atoms with Crippen molar-refractivity contribution in [1.29, 1.82) is 0 Å². The quantitative estimate of drug-likeness (QED) is 0.157. The fourth-order valence-electron chi connectivity index (χ4n) is 23.4. The molecule has 21 aromatic carbocycles. The van der Waals surface area contributed by atoms with Crippen molar-refractivity contribution < 1.29 is 0 Å². The summed E-state index contributed by atoms with van der Waals surface area (Å²) in [4.78, 5) is 4.79. The number of hydrogen-bond acceptors (Lipinski definition) is 1. The average Bonchev–Trinajstić information content (AvgIpc) is 1.54. The van der Waals surface area contributed by atoms with Crippen molar-refractivity contribution in [3.8, 4) is 112 Å². The molecule has 0 saturated heterocycles. The molecule has 28 aromatic rings. The molecule has 3 aliphatic carbocycles. The summed E-state index contributed by atoms with van der Waals surface area (Å²) in [6.07, 6.45) is 1.88. The van der Waals surface area contributed by atoms with Crippen LogP contribution in [0.2, 0.25) is 0 Å². The van der Waals surface area contributed by atoms with E-state index in [9.17, 15) is 0 Å². The molecule has 0 bridgehead atoms. The van der Waals surface area contributed by atoms with Crippen LogP contribution >= 0.6 is 0 Å². The highest BCUT2D eigenvalue weighted by Gasteiger charge is 2.32. The summed E-state index contributed by atoms with van der Waals surface area (Å²) in [7, 11) is 0. The molecule has 7 nitrogen and oxygen atoms in total. The van der Waals surface area contributed by atoms with E-state index in [4.69, 9.17) is 4.98 Å². The second-order valence-corrected chi connectivity index (χ2v) is 35.4. The zero-order valence-corrected chi connectivity index (χ0v) is 71.4. The predicted octanol–water partition coefficient (Wildman–Crippen LogP) is 33.1. The number of para-hydroxylation sites is 7. The summed E-state index contributed by atoms with van der Waals surface area (Å²) in [6.45, 7) is 0. The minimum atomic E-state index is 0.937. The van der Waals surface area contributed by atoms with Gasteiger partial charge in [0.1, 0.15) is 5.82 Å². The number of pyridine rings is 1. The smallest absolute Gasteiger partial charge is 0.137 e. The molecule has 7 aromatic heterocycles. The van der Waals surface area contributed by atoms with Crippen LogP contribution in [0, 0.1) is 0 Å². The van der Waals surface area contributed by atoms with Crippen molar-refractivity contribution in [2.24, 2.45) is 0 Å². The van der Waals surface area contributed by atoms with E-state index < -0.39 is 0 Å². The lowest BCUT2D eigenvalue weighted by Gasteiger charge is -2.15. The summed E-state index contributed by atoms with van der Waals surface area (Å²) < 4.78 is 14.5. The molecule has 610 valence electrons. The zero-order valence-electron chi connectivity index (χ0n) is 71.4. The van der Waals surface area contributed by atoms with Crippen LogP contribution in [0.4, 0.5) is 0 Å². The van der Waals surface area contributed by atoms with Crippen LogP contribution in [0.15, 0.2) is 455 Å². The normalized spacial score (nSPS) is 12.2. The topological polar surface area (TPSA) is 42.5 Å². The Morgan fingerprint density at radius 1 is 0.136 bits per heavy atom. The van der Waals surface area contributed by atoms with Crippen LogP contribution in [-0.2, 0) is 0 Å². The molecule has 0 spiro atoms. The Hall–Kier alpha value is -17.7. The Bertz CT molecular complexity index is 9450. The number of aromatic nitrogens is 7. The van der Waals surface area contributed by atoms with Gasteiger partial charge in [-0.05, 0) is 274 Å². The summed E-state index contributed by atoms with van der Waals surface area (Å²) in [5, 5.41) is 23.3. The summed E-state index contributed by atoms with van der Waals surface area (Å²) >= 11 is 0. The van der Waals surface area contributed by atoms with E-state index in [1.54, 1.807) is 0 Å². The maximum Gasteiger partial charge on any atom is 0.137 e. The van der Waals surface area contributed by atoms with Gasteiger partial charge in [-0.2, -0.15) is 0 Å². The first-order valence-corrected chi connectivity index (χ1v) is 45.6. The molecule has 132 heavy (non-hydrogen) atoms. The van der Waals surface area contributed by atoms with E-state index >= 15 is 0 Å². The second kappa shape index (κ2) is 27.9. The number of hydrogen-bond donors (Lipinski definition) is 0. The Morgan fingerprint density at radius 3 is 0.788 bits per heavy atom. The van der Waals surface area contributed by atoms with E-state index in [0.29, 0.717) is 0 Å². The molecule has 7 heterocycles. The van der Waals surface area contributed by atoms with Gasteiger partial charge >= 0.3 is 0 Å². The van der Waals surface area contributed by atoms with E-state index in [2.05, 4.69) is 470 Å². The van der Waals surface area contributed by atoms with E-state index in [1.807, 2.05) is 12.3 Å². The number of benzene rings is 21. The molecule has 3 aliphatic rings. The second-order valence-electron chi connectivity index (χ2n) is 35.4. The molecule has 31 rings (SSSR count). The maximum atomic E-state index is 4.79. The molecule has 0 atom stereocenters. The van der Waals surface area contributed by atoms with Crippen molar-refractivity contribution >= 4 is 163 Å². The fourth-order valence-corrected chi connectivity index (χ4v) is 23.4. The lowest BCUT2D eigenvalue weighted by Crippen LogP contribution is -1.97. The van der Waals surface area contributed by atoms with Gasteiger partial charge in [0.15, 0.2) is 0 Å². The van der Waals surface area contributed by atoms with Crippen LogP contribution in [0.1, 0.15) is 0 Å². The molecule has 7 heteroatoms. The van der Waals surface area contributed by atoms with Gasteiger partial charge in [-0.15, -0.1) is 0 Å². The third kappa shape index (κ3) is 10.3. The summed E-state index contributed by atoms with van der Waals surface area (Å²) in [5.74, 6) is 0.937. The minimum absolute atomic E-state index is 0.937. The van der Waals surface area contributed by atoms with Gasteiger partial charge in [-0.1, -0.05) is 285 Å². The van der Waals surface area contributed by atoms with Crippen molar-refractivity contribution in [3.63, 3.8) is 0 Å². The van der Waals surface area contributed by atoms with Crippen LogP contribution in [0.5, 0.6) is 0 Å². The van der Waals surface area contributed by atoms with E-state index in [-0.39, 0.29) is 0 Å². The van der Waals surface area contributed by atoms with Crippen LogP contribution in [-0.4, -0.2) is 32.4 Å². The molecule has 0 radical (unpaired) electrons. The Morgan fingerprint density at radius 2 is 0.409 bits per heavy atom. The van der Waals surface area contributed by atoms with E-state index in [1.165, 1.54) is 269 Å². The van der Waals surface area contributed by atoms with Crippen molar-refractivity contribution in [2.75, 3.05) is 0 Å². The lowest BCUT2D eigenvalue weighted by atomic mass is 9.91. The van der Waals surface area contributed by atoms with Crippen molar-refractivity contribution in [3.05, 3.63) is 455 Å². The van der Waals surface area contributed by atoms with Crippen LogP contribution in [0.3, 0.4) is 0 Å². The molecular formula is C125H75N7. The van der Waals surface area contributed by atoms with Gasteiger partial charge in [-0.3, -0.25) is 4.57 Å². The average molecular weight is 1680 g/mol. The Balaban J connectivity index is 0.0000000973. The zero-order chi connectivity index (χ0) is 86.1. The highest BCUT2D eigenvalue weighted by atomic mass is 15.1. The van der Waals surface area contributed by atoms with Crippen molar-refractivity contribution in [2.45, 2.75) is 0 Å². The molecule has 0 unspecified atom stereocenters. The SMILES string of the molecule is c1ccc(-c2cccc(-n3c4cccc5c4c4c6c(cccc6ccc43)-c3cc4c6ccccc6n(-c6ccccc6)c4cc3-5)c2)cc1.c1ccc(-n2c3ccccc3c3cc4c(cc32)-c2cccc3c2c2c5c-4cccc5ccc2n3-c2ccccc2)cc1.c1ccc(-n2c3ccccc3c3cc4c(cc32)-c2cccc3c2c2c5c-4cccc5ccc2n3-c2ccccn2)cc1. The Labute approximate surface area is 757 Å². The first kappa shape index (κ1) is 72.5. The minimum Gasteiger partial charge on any atom is -0.309 e. The Kier molecular flexibility index (Phi) is 15.3. The van der Waals surface area contributed by atoms with Crippen LogP contribution in [0.25, 0.3) is 275 Å². The van der Waals surface area contributed by atoms with Crippen molar-refractivity contribution in [1.82, 2.24) is 32.4 Å². The van der Waals surface area contributed by atoms with Gasteiger partial charge in [0.2, 0.25) is 0 Å². The third-order valence-corrected chi connectivity index (χ3v) is 28.7. The van der Waals surface area contributed by atoms with Gasteiger partial charge in [-0.25, -0.2) is 4.98 Å². The summed E-state index contributed by atoms with van der Waals surface area (Å²) in [6, 6.07) is 164. The third-order valence-electron chi connectivity index (χ3n) is 28.7. The molecule has 0 aliphatic heterocycles. The first-order chi connectivity index (χ1) is 65.6. The molecule has 0 amide bonds. The number of rotatable bonds is 7. The fraction of sp³-hybridized carbons (Fsp3) is 0. The monoisotopic (exact) mass is 1670 g/mol. The molecule has 0 saturated carbocycles. The van der Waals surface area contributed by atoms with Gasteiger partial charge < -0.3 is 22.8 Å². The van der Waals surface area contributed by atoms with Gasteiger partial charge in [0.25, 0.3) is 0 Å². The largest absolute Gasteiger partial charge is 0.309 e. The van der Waals surface area contributed by atoms with Gasteiger partial charge in [0, 0.05) is 99.3 Å². The van der Waals surface area contributed by atoms with Crippen LogP contribution < -0.4 is 0 Å². The number of fused-ring (bicyclic) bond motifs is 18. The standard InChI is InChI=1S/C46H28N2.C40H24N2.C39H23N3/c1-3-12-29(13-4-1)31-15-9-18-33(26-31)48-41-23-11-21-36-38-28-43-39(34-19-7-8-22-40(34)47(43)32-16-5-2-6-17-32)27-37(38)35-20-10-14-30-24-25-42(48)46(44(30)35)45(36)41;1-3-12-26(13-4-1)41-34-19-8-7-16-28(34)33-23-31-29-17-9-11-25-21-22-36-40(38(25)29)39-30(32(31)24-37(33)41)18-10-20-35(39)42(36)27-14-5-2-6-15-27;1-2-11-25(12-3-1)41-32-16-5-4-13-26(32)31-22-29-27-14-8-10-24-19-20-34-39(37(24)27)38-28(30(29)23-35(31)41)15-9-17-33(38)42(34)36-18-6-7-21-40-36/h1-28H;1-24H;1-23H. The van der Waals surface area contributed by atoms with E-state index in [0.717, 1.165) is 5.82 Å². The lowest BCUT2D eigenvalue weighted by molar-refractivity contribution is 1.08. The summed E-state index contributed by atoms with van der Waals surface area (Å²) in [5.41, 5.74) is 38.4. The van der Waals surface area contributed by atoms with Gasteiger partial charge in [0.05, 0.1) is 66.2 Å². The maximum absolute atomic E-state index is 4.79. The molecule has 0 N–H and O–H groups in total. The first-order valence-electron chi connectivity index (χ1n) is 45.6. The number of nitrogens with zero attached hydrogens (tertiary/aromatic N) is 7. The predicted molar refractivity (Wildman–Crippen MR) is 554 cm³/mol. The highest BCUT2D eigenvalue weighted by Crippen LogP contribution is 2.57. The molecule has 0 fully saturated rings.